The van der Waals surface area contributed by atoms with Crippen LogP contribution < -0.4 is 5.73 Å². The van der Waals surface area contributed by atoms with Crippen molar-refractivity contribution < 1.29 is 9.94 Å². The smallest absolute Gasteiger partial charge is 0.171 e. The van der Waals surface area contributed by atoms with Crippen LogP contribution in [0.3, 0.4) is 0 Å². The number of likely N-dealkylation sites (tertiary alicyclic amines) is 1. The molecule has 0 radical (unpaired) electrons. The lowest BCUT2D eigenvalue weighted by molar-refractivity contribution is -0.0105. The van der Waals surface area contributed by atoms with Crippen molar-refractivity contribution in [2.24, 2.45) is 16.8 Å². The number of methoxy groups -OCH3 is 1. The van der Waals surface area contributed by atoms with Gasteiger partial charge in [-0.15, -0.1) is 0 Å². The van der Waals surface area contributed by atoms with Gasteiger partial charge in [-0.1, -0.05) is 31.8 Å². The van der Waals surface area contributed by atoms with E-state index in [0.29, 0.717) is 0 Å². The second-order valence-corrected chi connectivity index (χ2v) is 5.17. The zero-order valence-corrected chi connectivity index (χ0v) is 11.9. The van der Waals surface area contributed by atoms with Crippen LogP contribution in [0.15, 0.2) is 5.16 Å². The number of piperidine rings is 1. The number of oxime groups is 1. The van der Waals surface area contributed by atoms with E-state index >= 15 is 0 Å². The Labute approximate surface area is 110 Å². The van der Waals surface area contributed by atoms with Gasteiger partial charge in [-0.3, -0.25) is 0 Å². The molecule has 0 aromatic carbocycles. The first-order valence-corrected chi connectivity index (χ1v) is 6.87. The van der Waals surface area contributed by atoms with E-state index in [0.717, 1.165) is 38.4 Å². The number of nitrogens with zero attached hydrogens (tertiary/aromatic N) is 2. The highest BCUT2D eigenvalue weighted by atomic mass is 16.5. The van der Waals surface area contributed by atoms with Crippen molar-refractivity contribution in [2.45, 2.75) is 45.1 Å². The number of amidine groups is 1. The molecular weight excluding hydrogens is 230 g/mol. The second kappa shape index (κ2) is 6.95. The predicted molar refractivity (Wildman–Crippen MR) is 72.9 cm³/mol. The molecule has 0 aromatic heterocycles. The van der Waals surface area contributed by atoms with Gasteiger partial charge in [0.1, 0.15) is 5.60 Å². The molecule has 5 nitrogen and oxygen atoms in total. The molecule has 1 aliphatic heterocycles. The van der Waals surface area contributed by atoms with Crippen LogP contribution in [0.4, 0.5) is 0 Å². The van der Waals surface area contributed by atoms with Gasteiger partial charge in [-0.05, 0) is 18.8 Å². The van der Waals surface area contributed by atoms with Gasteiger partial charge in [0.15, 0.2) is 5.84 Å². The highest BCUT2D eigenvalue weighted by molar-refractivity contribution is 5.88. The summed E-state index contributed by atoms with van der Waals surface area (Å²) in [6.07, 6.45) is 4.03. The fourth-order valence-electron chi connectivity index (χ4n) is 2.66. The minimum absolute atomic E-state index is 0.201. The van der Waals surface area contributed by atoms with Gasteiger partial charge in [0.25, 0.3) is 0 Å². The molecular formula is C13H27N3O2. The molecule has 0 spiro atoms. The minimum Gasteiger partial charge on any atom is -0.409 e. The van der Waals surface area contributed by atoms with E-state index in [9.17, 15) is 0 Å². The van der Waals surface area contributed by atoms with E-state index in [1.807, 2.05) is 0 Å². The first-order chi connectivity index (χ1) is 8.61. The summed E-state index contributed by atoms with van der Waals surface area (Å²) in [5.41, 5.74) is 5.18. The third-order valence-corrected chi connectivity index (χ3v) is 4.30. The number of ether oxygens (including phenoxy) is 1. The first-order valence-electron chi connectivity index (χ1n) is 6.87. The fourth-order valence-corrected chi connectivity index (χ4v) is 2.66. The maximum Gasteiger partial charge on any atom is 0.171 e. The molecule has 5 heteroatoms. The Morgan fingerprint density at radius 2 is 1.94 bits per heavy atom. The van der Waals surface area contributed by atoms with E-state index in [2.05, 4.69) is 23.9 Å². The summed E-state index contributed by atoms with van der Waals surface area (Å²) >= 11 is 0. The van der Waals surface area contributed by atoms with Crippen molar-refractivity contribution in [1.82, 2.24) is 4.90 Å². The SMILES string of the molecule is CCC(CC)CN1CCC(OC)(C(N)=NO)CC1. The summed E-state index contributed by atoms with van der Waals surface area (Å²) in [5.74, 6) is 0.969. The maximum atomic E-state index is 8.84. The van der Waals surface area contributed by atoms with E-state index in [1.165, 1.54) is 12.8 Å². The average Bonchev–Trinajstić information content (AvgIpc) is 2.44. The number of hydrogen-bond donors (Lipinski definition) is 2. The van der Waals surface area contributed by atoms with Crippen LogP contribution in [0.1, 0.15) is 39.5 Å². The molecule has 3 N–H and O–H groups in total. The Hall–Kier alpha value is -0.810. The molecule has 1 heterocycles. The monoisotopic (exact) mass is 257 g/mol. The highest BCUT2D eigenvalue weighted by Gasteiger charge is 2.39. The van der Waals surface area contributed by atoms with Gasteiger partial charge in [0, 0.05) is 26.7 Å². The highest BCUT2D eigenvalue weighted by Crippen LogP contribution is 2.27. The molecule has 106 valence electrons. The average molecular weight is 257 g/mol. The number of rotatable bonds is 6. The molecule has 0 saturated carbocycles. The Balaban J connectivity index is 2.54. The molecule has 0 atom stereocenters. The van der Waals surface area contributed by atoms with Crippen molar-refractivity contribution in [2.75, 3.05) is 26.7 Å². The van der Waals surface area contributed by atoms with Crippen LogP contribution in [-0.2, 0) is 4.74 Å². The van der Waals surface area contributed by atoms with Crippen LogP contribution in [0.25, 0.3) is 0 Å². The third kappa shape index (κ3) is 3.36. The van der Waals surface area contributed by atoms with E-state index in [-0.39, 0.29) is 5.84 Å². The molecule has 0 aliphatic carbocycles. The summed E-state index contributed by atoms with van der Waals surface area (Å²) in [6.45, 7) is 7.52. The fraction of sp³-hybridized carbons (Fsp3) is 0.923. The Morgan fingerprint density at radius 1 is 1.39 bits per heavy atom. The maximum absolute atomic E-state index is 8.84. The van der Waals surface area contributed by atoms with Gasteiger partial charge >= 0.3 is 0 Å². The molecule has 0 unspecified atom stereocenters. The molecule has 0 aromatic rings. The van der Waals surface area contributed by atoms with Crippen molar-refractivity contribution >= 4 is 5.84 Å². The molecule has 0 bridgehead atoms. The van der Waals surface area contributed by atoms with E-state index < -0.39 is 5.60 Å². The van der Waals surface area contributed by atoms with Crippen molar-refractivity contribution in [3.63, 3.8) is 0 Å². The van der Waals surface area contributed by atoms with Crippen molar-refractivity contribution in [3.05, 3.63) is 0 Å². The van der Waals surface area contributed by atoms with Crippen LogP contribution in [0, 0.1) is 5.92 Å². The lowest BCUT2D eigenvalue weighted by Gasteiger charge is -2.40. The van der Waals surface area contributed by atoms with Gasteiger partial charge in [0.05, 0.1) is 0 Å². The van der Waals surface area contributed by atoms with Gasteiger partial charge in [-0.25, -0.2) is 0 Å². The molecule has 18 heavy (non-hydrogen) atoms. The third-order valence-electron chi connectivity index (χ3n) is 4.30. The summed E-state index contributed by atoms with van der Waals surface area (Å²) in [7, 11) is 1.63. The zero-order valence-electron chi connectivity index (χ0n) is 11.9. The predicted octanol–water partition coefficient (Wildman–Crippen LogP) is 1.65. The summed E-state index contributed by atoms with van der Waals surface area (Å²) < 4.78 is 5.49. The second-order valence-electron chi connectivity index (χ2n) is 5.17. The van der Waals surface area contributed by atoms with Gasteiger partial charge < -0.3 is 20.6 Å². The minimum atomic E-state index is -0.570. The van der Waals surface area contributed by atoms with E-state index in [1.54, 1.807) is 7.11 Å². The Kier molecular flexibility index (Phi) is 5.88. The standard InChI is InChI=1S/C13H27N3O2/c1-4-11(5-2)10-16-8-6-13(18-3,7-9-16)12(14)15-17/h11,17H,4-10H2,1-3H3,(H2,14,15). The Morgan fingerprint density at radius 3 is 2.33 bits per heavy atom. The van der Waals surface area contributed by atoms with Crippen molar-refractivity contribution in [1.29, 1.82) is 0 Å². The lowest BCUT2D eigenvalue weighted by atomic mass is 9.89. The summed E-state index contributed by atoms with van der Waals surface area (Å²) in [6, 6.07) is 0. The lowest BCUT2D eigenvalue weighted by Crippen LogP contribution is -2.54. The van der Waals surface area contributed by atoms with Crippen LogP contribution in [0.2, 0.25) is 0 Å². The topological polar surface area (TPSA) is 71.1 Å². The normalized spacial score (nSPS) is 21.4. The molecule has 1 fully saturated rings. The molecule has 0 amide bonds. The van der Waals surface area contributed by atoms with Crippen LogP contribution >= 0.6 is 0 Å². The number of hydrogen-bond acceptors (Lipinski definition) is 4. The molecule has 1 saturated heterocycles. The Bertz CT molecular complexity index is 269. The zero-order chi connectivity index (χ0) is 13.6. The van der Waals surface area contributed by atoms with Crippen LogP contribution in [0.5, 0.6) is 0 Å². The first kappa shape index (κ1) is 15.2. The van der Waals surface area contributed by atoms with Crippen molar-refractivity contribution in [3.8, 4) is 0 Å². The quantitative estimate of drug-likeness (QED) is 0.328. The van der Waals surface area contributed by atoms with E-state index in [4.69, 9.17) is 15.7 Å². The largest absolute Gasteiger partial charge is 0.409 e. The summed E-state index contributed by atoms with van der Waals surface area (Å²) in [5, 5.41) is 12.0. The van der Waals surface area contributed by atoms with Gasteiger partial charge in [0.2, 0.25) is 0 Å². The molecule has 1 rings (SSSR count). The number of nitrogens with two attached hydrogens (primary N) is 1. The summed E-state index contributed by atoms with van der Waals surface area (Å²) in [4.78, 5) is 2.46. The van der Waals surface area contributed by atoms with Gasteiger partial charge in [-0.2, -0.15) is 0 Å². The molecule has 1 aliphatic rings. The van der Waals surface area contributed by atoms with Crippen LogP contribution in [-0.4, -0.2) is 48.3 Å².